The van der Waals surface area contributed by atoms with E-state index in [4.69, 9.17) is 4.98 Å². The Morgan fingerprint density at radius 3 is 3.00 bits per heavy atom. The lowest BCUT2D eigenvalue weighted by Gasteiger charge is -2.32. The van der Waals surface area contributed by atoms with E-state index in [1.54, 1.807) is 12.4 Å². The molecule has 27 heavy (non-hydrogen) atoms. The van der Waals surface area contributed by atoms with Crippen molar-refractivity contribution in [2.75, 3.05) is 25.0 Å². The number of thiophene rings is 1. The van der Waals surface area contributed by atoms with Gasteiger partial charge in [-0.15, -0.1) is 11.3 Å². The molecule has 1 aliphatic rings. The standard InChI is InChI=1S/C20H26N6S/c1-15-9-16(2)26(24-15)20-12-21-11-19(23-20)22-10-17-5-3-7-25(13-17)14-18-6-4-8-27-18/h4,6,8-9,11-12,17H,3,5,7,10,13-14H2,1-2H3,(H,22,23). The van der Waals surface area contributed by atoms with Crippen molar-refractivity contribution < 1.29 is 0 Å². The van der Waals surface area contributed by atoms with Gasteiger partial charge in [-0.25, -0.2) is 9.67 Å². The second-order valence-electron chi connectivity index (χ2n) is 7.31. The van der Waals surface area contributed by atoms with Gasteiger partial charge < -0.3 is 5.32 Å². The lowest BCUT2D eigenvalue weighted by molar-refractivity contribution is 0.174. The number of aromatic nitrogens is 4. The zero-order valence-corrected chi connectivity index (χ0v) is 16.7. The van der Waals surface area contributed by atoms with E-state index >= 15 is 0 Å². The van der Waals surface area contributed by atoms with E-state index in [2.05, 4.69) is 37.8 Å². The summed E-state index contributed by atoms with van der Waals surface area (Å²) in [7, 11) is 0. The maximum absolute atomic E-state index is 4.70. The fourth-order valence-electron chi connectivity index (χ4n) is 3.74. The summed E-state index contributed by atoms with van der Waals surface area (Å²) in [6.07, 6.45) is 6.07. The molecule has 142 valence electrons. The Morgan fingerprint density at radius 2 is 2.22 bits per heavy atom. The van der Waals surface area contributed by atoms with E-state index in [0.29, 0.717) is 5.92 Å². The van der Waals surface area contributed by atoms with Crippen LogP contribution in [-0.2, 0) is 6.54 Å². The van der Waals surface area contributed by atoms with Crippen molar-refractivity contribution in [3.63, 3.8) is 0 Å². The zero-order valence-electron chi connectivity index (χ0n) is 15.9. The average molecular weight is 383 g/mol. The predicted octanol–water partition coefficient (Wildman–Crippen LogP) is 3.66. The quantitative estimate of drug-likeness (QED) is 0.705. The summed E-state index contributed by atoms with van der Waals surface area (Å²) in [5, 5.41) is 10.1. The van der Waals surface area contributed by atoms with Gasteiger partial charge in [0.1, 0.15) is 5.82 Å². The highest BCUT2D eigenvalue weighted by molar-refractivity contribution is 7.09. The molecule has 0 radical (unpaired) electrons. The molecule has 1 atom stereocenters. The molecule has 1 N–H and O–H groups in total. The molecule has 1 unspecified atom stereocenters. The Bertz CT molecular complexity index is 872. The van der Waals surface area contributed by atoms with Crippen molar-refractivity contribution in [1.82, 2.24) is 24.6 Å². The molecule has 1 saturated heterocycles. The second-order valence-corrected chi connectivity index (χ2v) is 8.34. The molecule has 0 aliphatic carbocycles. The van der Waals surface area contributed by atoms with Gasteiger partial charge in [-0.05, 0) is 56.7 Å². The van der Waals surface area contributed by atoms with Gasteiger partial charge in [0.05, 0.1) is 18.1 Å². The summed E-state index contributed by atoms with van der Waals surface area (Å²) in [6.45, 7) is 8.35. The van der Waals surface area contributed by atoms with Crippen LogP contribution in [0.1, 0.15) is 29.1 Å². The van der Waals surface area contributed by atoms with Crippen molar-refractivity contribution in [2.45, 2.75) is 33.2 Å². The van der Waals surface area contributed by atoms with Gasteiger partial charge in [0.15, 0.2) is 5.82 Å². The summed E-state index contributed by atoms with van der Waals surface area (Å²) in [6, 6.07) is 6.41. The average Bonchev–Trinajstić information content (AvgIpc) is 3.30. The lowest BCUT2D eigenvalue weighted by atomic mass is 9.98. The topological polar surface area (TPSA) is 58.9 Å². The van der Waals surface area contributed by atoms with Crippen LogP contribution in [0.25, 0.3) is 5.82 Å². The molecule has 0 bridgehead atoms. The number of likely N-dealkylation sites (tertiary alicyclic amines) is 1. The minimum atomic E-state index is 0.637. The van der Waals surface area contributed by atoms with Crippen molar-refractivity contribution in [3.8, 4) is 5.82 Å². The van der Waals surface area contributed by atoms with Gasteiger partial charge in [0, 0.05) is 30.2 Å². The van der Waals surface area contributed by atoms with Crippen molar-refractivity contribution in [3.05, 3.63) is 52.2 Å². The van der Waals surface area contributed by atoms with E-state index in [1.807, 2.05) is 35.9 Å². The summed E-state index contributed by atoms with van der Waals surface area (Å²) in [5.41, 5.74) is 2.05. The molecule has 4 heterocycles. The number of rotatable bonds is 6. The third-order valence-corrected chi connectivity index (χ3v) is 5.84. The largest absolute Gasteiger partial charge is 0.368 e. The van der Waals surface area contributed by atoms with E-state index in [0.717, 1.165) is 42.7 Å². The monoisotopic (exact) mass is 382 g/mol. The number of nitrogens with one attached hydrogen (secondary N) is 1. The van der Waals surface area contributed by atoms with Gasteiger partial charge in [-0.2, -0.15) is 5.10 Å². The Hall–Kier alpha value is -2.25. The van der Waals surface area contributed by atoms with E-state index in [1.165, 1.54) is 24.3 Å². The molecule has 1 aliphatic heterocycles. The highest BCUT2D eigenvalue weighted by Crippen LogP contribution is 2.21. The van der Waals surface area contributed by atoms with Crippen LogP contribution in [0, 0.1) is 19.8 Å². The first-order chi connectivity index (χ1) is 13.2. The van der Waals surface area contributed by atoms with Crippen LogP contribution in [-0.4, -0.2) is 44.3 Å². The molecular weight excluding hydrogens is 356 g/mol. The molecule has 3 aromatic rings. The molecule has 6 nitrogen and oxygen atoms in total. The van der Waals surface area contributed by atoms with E-state index in [-0.39, 0.29) is 0 Å². The van der Waals surface area contributed by atoms with Crippen LogP contribution in [0.4, 0.5) is 5.82 Å². The molecule has 0 spiro atoms. The van der Waals surface area contributed by atoms with Gasteiger partial charge in [-0.1, -0.05) is 6.07 Å². The maximum Gasteiger partial charge on any atom is 0.174 e. The maximum atomic E-state index is 4.70. The van der Waals surface area contributed by atoms with Crippen LogP contribution in [0.3, 0.4) is 0 Å². The number of anilines is 1. The second kappa shape index (κ2) is 8.19. The van der Waals surface area contributed by atoms with E-state index in [9.17, 15) is 0 Å². The SMILES string of the molecule is Cc1cc(C)n(-c2cncc(NCC3CCCN(Cc4cccs4)C3)n2)n1. The molecule has 4 rings (SSSR count). The minimum absolute atomic E-state index is 0.637. The molecule has 1 fully saturated rings. The van der Waals surface area contributed by atoms with Crippen LogP contribution >= 0.6 is 11.3 Å². The van der Waals surface area contributed by atoms with Crippen LogP contribution in [0.5, 0.6) is 0 Å². The van der Waals surface area contributed by atoms with Gasteiger partial charge >= 0.3 is 0 Å². The van der Waals surface area contributed by atoms with Gasteiger partial charge in [0.2, 0.25) is 0 Å². The number of hydrogen-bond acceptors (Lipinski definition) is 6. The van der Waals surface area contributed by atoms with E-state index < -0.39 is 0 Å². The Kier molecular flexibility index (Phi) is 5.50. The molecule has 3 aromatic heterocycles. The molecule has 0 amide bonds. The van der Waals surface area contributed by atoms with Gasteiger partial charge in [-0.3, -0.25) is 9.88 Å². The molecule has 0 aromatic carbocycles. The Labute approximate surface area is 164 Å². The summed E-state index contributed by atoms with van der Waals surface area (Å²) >= 11 is 1.85. The third-order valence-electron chi connectivity index (χ3n) is 4.98. The normalized spacial score (nSPS) is 17.9. The third kappa shape index (κ3) is 4.54. The number of nitrogens with zero attached hydrogens (tertiary/aromatic N) is 5. The minimum Gasteiger partial charge on any atom is -0.368 e. The van der Waals surface area contributed by atoms with Crippen molar-refractivity contribution in [1.29, 1.82) is 0 Å². The first kappa shape index (κ1) is 18.1. The molecular formula is C20H26N6S. The summed E-state index contributed by atoms with van der Waals surface area (Å²) in [5.74, 6) is 2.21. The highest BCUT2D eigenvalue weighted by Gasteiger charge is 2.20. The predicted molar refractivity (Wildman–Crippen MR) is 109 cm³/mol. The van der Waals surface area contributed by atoms with Crippen LogP contribution in [0.2, 0.25) is 0 Å². The summed E-state index contributed by atoms with van der Waals surface area (Å²) in [4.78, 5) is 13.1. The first-order valence-corrected chi connectivity index (χ1v) is 10.4. The molecule has 7 heteroatoms. The van der Waals surface area contributed by atoms with Crippen LogP contribution < -0.4 is 5.32 Å². The molecule has 0 saturated carbocycles. The number of aryl methyl sites for hydroxylation is 2. The fourth-order valence-corrected chi connectivity index (χ4v) is 4.48. The smallest absolute Gasteiger partial charge is 0.174 e. The van der Waals surface area contributed by atoms with Crippen LogP contribution in [0.15, 0.2) is 36.0 Å². The van der Waals surface area contributed by atoms with Crippen molar-refractivity contribution in [2.24, 2.45) is 5.92 Å². The summed E-state index contributed by atoms with van der Waals surface area (Å²) < 4.78 is 1.84. The Morgan fingerprint density at radius 1 is 1.30 bits per heavy atom. The van der Waals surface area contributed by atoms with Crippen molar-refractivity contribution >= 4 is 17.2 Å². The highest BCUT2D eigenvalue weighted by atomic mass is 32.1. The zero-order chi connectivity index (χ0) is 18.6. The number of piperidine rings is 1. The lowest BCUT2D eigenvalue weighted by Crippen LogP contribution is -2.37. The first-order valence-electron chi connectivity index (χ1n) is 9.51. The number of hydrogen-bond donors (Lipinski definition) is 1. The van der Waals surface area contributed by atoms with Gasteiger partial charge in [0.25, 0.3) is 0 Å². The Balaban J connectivity index is 1.36. The fraction of sp³-hybridized carbons (Fsp3) is 0.450.